The Labute approximate surface area is 314 Å². The molecule has 15 heteroatoms. The zero-order valence-electron chi connectivity index (χ0n) is 31.2. The van der Waals surface area contributed by atoms with Crippen molar-refractivity contribution in [3.63, 3.8) is 0 Å². The van der Waals surface area contributed by atoms with Crippen molar-refractivity contribution in [1.29, 1.82) is 0 Å². The van der Waals surface area contributed by atoms with E-state index in [1.807, 2.05) is 20.8 Å². The van der Waals surface area contributed by atoms with Crippen LogP contribution >= 0.6 is 0 Å². The highest BCUT2D eigenvalue weighted by Gasteiger charge is 2.77. The molecule has 4 saturated heterocycles. The van der Waals surface area contributed by atoms with Gasteiger partial charge in [0.15, 0.2) is 6.29 Å². The number of alkyl halides is 6. The fraction of sp³-hybridized carbons (Fsp3) is 0.650. The summed E-state index contributed by atoms with van der Waals surface area (Å²) in [6.07, 6.45) is -10.0. The molecule has 5 aliphatic rings. The molecule has 0 radical (unpaired) electrons. The summed E-state index contributed by atoms with van der Waals surface area (Å²) in [5.74, 6) is -2.06. The highest BCUT2D eigenvalue weighted by molar-refractivity contribution is 5.93. The van der Waals surface area contributed by atoms with E-state index in [0.717, 1.165) is 0 Å². The zero-order chi connectivity index (χ0) is 39.8. The van der Waals surface area contributed by atoms with Crippen molar-refractivity contribution in [2.24, 2.45) is 22.2 Å². The SMILES string of the molecule is C[C@@H](O[C@H]1OCC[C@@H](CN2CCC3(CC2)COC[C@@H]3OC(=O)[C@@]23CC[C@@](C)(C(=O)O2)C3(C)C)[C@@H]1c1ccc(F)cc1)c1cc(C(F)(F)F)cc(C(F)(F)F)c1. The lowest BCUT2D eigenvalue weighted by atomic mass is 9.66. The van der Waals surface area contributed by atoms with Crippen molar-refractivity contribution < 1.29 is 64.0 Å². The largest absolute Gasteiger partial charge is 0.456 e. The second-order valence-electron chi connectivity index (χ2n) is 16.7. The van der Waals surface area contributed by atoms with Crippen LogP contribution in [0.2, 0.25) is 0 Å². The van der Waals surface area contributed by atoms with Crippen LogP contribution in [0.1, 0.15) is 94.1 Å². The van der Waals surface area contributed by atoms with Gasteiger partial charge in [0.2, 0.25) is 5.60 Å². The highest BCUT2D eigenvalue weighted by Crippen LogP contribution is 2.66. The number of fused-ring (bicyclic) bond motifs is 2. The van der Waals surface area contributed by atoms with Gasteiger partial charge in [-0.15, -0.1) is 0 Å². The summed E-state index contributed by atoms with van der Waals surface area (Å²) in [6, 6.07) is 7.13. The third kappa shape index (κ3) is 6.94. The second-order valence-corrected chi connectivity index (χ2v) is 16.7. The van der Waals surface area contributed by atoms with E-state index in [-0.39, 0.29) is 36.7 Å². The number of esters is 2. The summed E-state index contributed by atoms with van der Waals surface area (Å²) in [7, 11) is 0. The smallest absolute Gasteiger partial charge is 0.416 e. The number of rotatable bonds is 8. The third-order valence-corrected chi connectivity index (χ3v) is 13.6. The maximum atomic E-state index is 14.1. The topological polar surface area (TPSA) is 83.5 Å². The molecule has 1 aliphatic carbocycles. The molecule has 0 unspecified atom stereocenters. The van der Waals surface area contributed by atoms with E-state index in [1.165, 1.54) is 19.1 Å². The summed E-state index contributed by atoms with van der Waals surface area (Å²) < 4.78 is 126. The molecule has 2 aromatic carbocycles. The average Bonchev–Trinajstić information content (AvgIpc) is 3.64. The average molecular weight is 786 g/mol. The minimum Gasteiger partial charge on any atom is -0.456 e. The van der Waals surface area contributed by atoms with Crippen molar-refractivity contribution in [2.45, 2.75) is 102 Å². The van der Waals surface area contributed by atoms with E-state index in [0.29, 0.717) is 76.0 Å². The first-order valence-electron chi connectivity index (χ1n) is 18.8. The van der Waals surface area contributed by atoms with E-state index in [4.69, 9.17) is 23.7 Å². The van der Waals surface area contributed by atoms with Crippen LogP contribution < -0.4 is 0 Å². The van der Waals surface area contributed by atoms with Crippen LogP contribution in [0.4, 0.5) is 30.7 Å². The quantitative estimate of drug-likeness (QED) is 0.196. The maximum absolute atomic E-state index is 14.1. The molecule has 4 heterocycles. The summed E-state index contributed by atoms with van der Waals surface area (Å²) in [5.41, 5.74) is -5.83. The molecule has 0 aromatic heterocycles. The maximum Gasteiger partial charge on any atom is 0.416 e. The standard InChI is InChI=1S/C40H46F7NO7/c1-23(26-17-27(39(42,43)44)19-28(18-26)40(45,46)47)53-32-31(24-5-7-29(41)8-6-24)25(9-16-52-32)20-48-14-12-37(13-15-48)22-51-21-30(37)54-34(50)38-11-10-36(4,33(49)55-38)35(38,2)3/h5-8,17-19,23,25,30-32H,9-16,20-22H2,1-4H3/t23-,25+,30+,31+,32-,36+,38-/m1/s1. The van der Waals surface area contributed by atoms with Crippen LogP contribution in [-0.4, -0.2) is 74.3 Å². The van der Waals surface area contributed by atoms with Crippen molar-refractivity contribution in [1.82, 2.24) is 4.90 Å². The molecule has 5 fully saturated rings. The Kier molecular flexibility index (Phi) is 10.2. The van der Waals surface area contributed by atoms with Gasteiger partial charge in [-0.1, -0.05) is 26.0 Å². The predicted molar refractivity (Wildman–Crippen MR) is 182 cm³/mol. The van der Waals surface area contributed by atoms with E-state index in [9.17, 15) is 40.3 Å². The number of halogens is 7. The summed E-state index contributed by atoms with van der Waals surface area (Å²) >= 11 is 0. The first-order valence-corrected chi connectivity index (χ1v) is 18.8. The molecule has 1 saturated carbocycles. The highest BCUT2D eigenvalue weighted by atomic mass is 19.4. The monoisotopic (exact) mass is 785 g/mol. The Hall–Kier alpha value is -3.27. The molecule has 0 N–H and O–H groups in total. The van der Waals surface area contributed by atoms with Crippen LogP contribution in [-0.2, 0) is 45.6 Å². The minimum absolute atomic E-state index is 0.0772. The Bertz CT molecular complexity index is 1740. The van der Waals surface area contributed by atoms with E-state index in [1.54, 1.807) is 12.1 Å². The van der Waals surface area contributed by atoms with Gasteiger partial charge in [0.1, 0.15) is 11.9 Å². The first kappa shape index (κ1) is 39.9. The fourth-order valence-electron chi connectivity index (χ4n) is 9.48. The number of carbonyl (C=O) groups is 2. The number of piperidine rings is 1. The van der Waals surface area contributed by atoms with Gasteiger partial charge < -0.3 is 28.6 Å². The molecule has 0 amide bonds. The van der Waals surface area contributed by atoms with Crippen molar-refractivity contribution >= 4 is 11.9 Å². The van der Waals surface area contributed by atoms with Crippen LogP contribution in [0.5, 0.6) is 0 Å². The van der Waals surface area contributed by atoms with Gasteiger partial charge in [-0.05, 0) is 106 Å². The van der Waals surface area contributed by atoms with Gasteiger partial charge in [-0.25, -0.2) is 9.18 Å². The zero-order valence-corrected chi connectivity index (χ0v) is 31.2. The number of hydrogen-bond acceptors (Lipinski definition) is 8. The van der Waals surface area contributed by atoms with E-state index >= 15 is 0 Å². The van der Waals surface area contributed by atoms with Gasteiger partial charge in [-0.3, -0.25) is 4.79 Å². The minimum atomic E-state index is -5.02. The number of hydrogen-bond donors (Lipinski definition) is 0. The fourth-order valence-corrected chi connectivity index (χ4v) is 9.48. The van der Waals surface area contributed by atoms with Crippen molar-refractivity contribution in [3.05, 3.63) is 70.5 Å². The van der Waals surface area contributed by atoms with Crippen molar-refractivity contribution in [2.75, 3.05) is 39.5 Å². The molecular formula is C40H46F7NO7. The van der Waals surface area contributed by atoms with Gasteiger partial charge in [0.25, 0.3) is 0 Å². The summed E-state index contributed by atoms with van der Waals surface area (Å²) in [4.78, 5) is 28.9. The number of carbonyl (C=O) groups excluding carboxylic acids is 2. The molecule has 7 rings (SSSR count). The van der Waals surface area contributed by atoms with Crippen LogP contribution in [0.15, 0.2) is 42.5 Å². The molecule has 2 aromatic rings. The summed E-state index contributed by atoms with van der Waals surface area (Å²) in [6.45, 7) is 9.64. The number of ether oxygens (including phenoxy) is 5. The van der Waals surface area contributed by atoms with Crippen LogP contribution in [0, 0.1) is 28.0 Å². The Morgan fingerprint density at radius 3 is 2.15 bits per heavy atom. The molecule has 2 bridgehead atoms. The van der Waals surface area contributed by atoms with Crippen LogP contribution in [0.25, 0.3) is 0 Å². The molecule has 4 aliphatic heterocycles. The lowest BCUT2D eigenvalue weighted by Crippen LogP contribution is -2.53. The Morgan fingerprint density at radius 2 is 1.58 bits per heavy atom. The first-order chi connectivity index (χ1) is 25.7. The van der Waals surface area contributed by atoms with Gasteiger partial charge in [0.05, 0.1) is 42.5 Å². The predicted octanol–water partition coefficient (Wildman–Crippen LogP) is 8.23. The van der Waals surface area contributed by atoms with Crippen LogP contribution in [0.3, 0.4) is 0 Å². The molecule has 8 nitrogen and oxygen atoms in total. The lowest BCUT2D eigenvalue weighted by Gasteiger charge is -2.45. The van der Waals surface area contributed by atoms with E-state index in [2.05, 4.69) is 4.90 Å². The molecule has 55 heavy (non-hydrogen) atoms. The third-order valence-electron chi connectivity index (χ3n) is 13.6. The lowest BCUT2D eigenvalue weighted by molar-refractivity contribution is -0.211. The number of nitrogens with zero attached hydrogens (tertiary/aromatic N) is 1. The van der Waals surface area contributed by atoms with Gasteiger partial charge in [0, 0.05) is 23.3 Å². The summed E-state index contributed by atoms with van der Waals surface area (Å²) in [5, 5.41) is 0. The van der Waals surface area contributed by atoms with Gasteiger partial charge in [-0.2, -0.15) is 26.3 Å². The normalized spacial score (nSPS) is 32.5. The number of likely N-dealkylation sites (tertiary alicyclic amines) is 1. The molecule has 7 atom stereocenters. The number of benzene rings is 2. The van der Waals surface area contributed by atoms with Crippen molar-refractivity contribution in [3.8, 4) is 0 Å². The molecule has 1 spiro atoms. The Balaban J connectivity index is 1.05. The molecule has 302 valence electrons. The second kappa shape index (κ2) is 14.0. The molecular weight excluding hydrogens is 739 g/mol. The van der Waals surface area contributed by atoms with E-state index < -0.39 is 81.5 Å². The van der Waals surface area contributed by atoms with Gasteiger partial charge >= 0.3 is 24.3 Å². The Morgan fingerprint density at radius 1 is 0.945 bits per heavy atom.